The van der Waals surface area contributed by atoms with E-state index in [0.29, 0.717) is 17.4 Å². The Balaban J connectivity index is 2.83. The molecule has 0 saturated heterocycles. The highest BCUT2D eigenvalue weighted by atomic mass is 16.5. The van der Waals surface area contributed by atoms with E-state index in [1.807, 2.05) is 12.2 Å². The van der Waals surface area contributed by atoms with Crippen LogP contribution in [0.5, 0.6) is 0 Å². The molecule has 1 rings (SSSR count). The average molecular weight is 166 g/mol. The van der Waals surface area contributed by atoms with Crippen molar-refractivity contribution in [3.63, 3.8) is 0 Å². The van der Waals surface area contributed by atoms with Gasteiger partial charge in [0.25, 0.3) is 0 Å². The average Bonchev–Trinajstić information content (AvgIpc) is 2.30. The Hall–Kier alpha value is -1.25. The first-order valence-electron chi connectivity index (χ1n) is 4.01. The molecule has 0 aliphatic heterocycles. The predicted molar refractivity (Wildman–Crippen MR) is 49.5 cm³/mol. The summed E-state index contributed by atoms with van der Waals surface area (Å²) >= 11 is 0. The van der Waals surface area contributed by atoms with Gasteiger partial charge in [0.2, 0.25) is 0 Å². The SMILES string of the molecule is Cc1onc(/C=C/C(C)C)c1N. The molecule has 0 aliphatic carbocycles. The van der Waals surface area contributed by atoms with Gasteiger partial charge in [-0.25, -0.2) is 0 Å². The van der Waals surface area contributed by atoms with Gasteiger partial charge in [0.05, 0.1) is 0 Å². The molecule has 3 nitrogen and oxygen atoms in total. The monoisotopic (exact) mass is 166 g/mol. The highest BCUT2D eigenvalue weighted by Gasteiger charge is 2.04. The lowest BCUT2D eigenvalue weighted by molar-refractivity contribution is 0.396. The van der Waals surface area contributed by atoms with Gasteiger partial charge in [-0.15, -0.1) is 0 Å². The number of anilines is 1. The predicted octanol–water partition coefficient (Wildman–Crippen LogP) is 2.23. The fourth-order valence-corrected chi connectivity index (χ4v) is 0.800. The van der Waals surface area contributed by atoms with E-state index in [4.69, 9.17) is 10.3 Å². The van der Waals surface area contributed by atoms with Crippen LogP contribution < -0.4 is 5.73 Å². The largest absolute Gasteiger partial charge is 0.394 e. The van der Waals surface area contributed by atoms with Crippen LogP contribution in [0.1, 0.15) is 25.3 Å². The number of allylic oxidation sites excluding steroid dienone is 1. The van der Waals surface area contributed by atoms with Gasteiger partial charge in [0, 0.05) is 0 Å². The zero-order valence-electron chi connectivity index (χ0n) is 7.66. The molecule has 1 heterocycles. The summed E-state index contributed by atoms with van der Waals surface area (Å²) < 4.78 is 4.90. The molecule has 0 fully saturated rings. The molecular formula is C9H14N2O. The van der Waals surface area contributed by atoms with Crippen molar-refractivity contribution in [2.24, 2.45) is 5.92 Å². The zero-order chi connectivity index (χ0) is 9.14. The quantitative estimate of drug-likeness (QED) is 0.733. The van der Waals surface area contributed by atoms with E-state index < -0.39 is 0 Å². The first kappa shape index (κ1) is 8.84. The number of rotatable bonds is 2. The molecule has 0 aromatic carbocycles. The molecule has 1 aromatic rings. The molecule has 2 N–H and O–H groups in total. The van der Waals surface area contributed by atoms with Crippen molar-refractivity contribution in [3.05, 3.63) is 17.5 Å². The standard InChI is InChI=1S/C9H14N2O/c1-6(2)4-5-8-9(10)7(3)12-11-8/h4-6H,10H2,1-3H3/b5-4+. The number of nitrogen functional groups attached to an aromatic ring is 1. The molecule has 0 spiro atoms. The van der Waals surface area contributed by atoms with Crippen LogP contribution in [0.25, 0.3) is 6.08 Å². The van der Waals surface area contributed by atoms with E-state index in [1.165, 1.54) is 0 Å². The molecule has 0 aliphatic rings. The first-order chi connectivity index (χ1) is 5.61. The van der Waals surface area contributed by atoms with E-state index in [9.17, 15) is 0 Å². The van der Waals surface area contributed by atoms with Gasteiger partial charge in [-0.3, -0.25) is 0 Å². The van der Waals surface area contributed by atoms with Crippen molar-refractivity contribution in [3.8, 4) is 0 Å². The van der Waals surface area contributed by atoms with Crippen LogP contribution in [0.3, 0.4) is 0 Å². The van der Waals surface area contributed by atoms with Gasteiger partial charge in [-0.1, -0.05) is 25.1 Å². The molecule has 12 heavy (non-hydrogen) atoms. The van der Waals surface area contributed by atoms with Crippen molar-refractivity contribution < 1.29 is 4.52 Å². The van der Waals surface area contributed by atoms with Crippen LogP contribution in [0.4, 0.5) is 5.69 Å². The lowest BCUT2D eigenvalue weighted by Gasteiger charge is -1.91. The third-order valence-corrected chi connectivity index (χ3v) is 1.58. The van der Waals surface area contributed by atoms with Crippen molar-refractivity contribution in [1.29, 1.82) is 0 Å². The molecular weight excluding hydrogens is 152 g/mol. The Morgan fingerprint density at radius 2 is 2.17 bits per heavy atom. The second kappa shape index (κ2) is 3.43. The second-order valence-electron chi connectivity index (χ2n) is 3.14. The Bertz CT molecular complexity index is 287. The molecule has 0 bridgehead atoms. The van der Waals surface area contributed by atoms with Crippen LogP contribution in [-0.4, -0.2) is 5.16 Å². The molecule has 66 valence electrons. The summed E-state index contributed by atoms with van der Waals surface area (Å²) in [5, 5.41) is 3.80. The lowest BCUT2D eigenvalue weighted by atomic mass is 10.2. The number of hydrogen-bond acceptors (Lipinski definition) is 3. The summed E-state index contributed by atoms with van der Waals surface area (Å²) in [5.74, 6) is 1.18. The fourth-order valence-electron chi connectivity index (χ4n) is 0.800. The summed E-state index contributed by atoms with van der Waals surface area (Å²) in [7, 11) is 0. The summed E-state index contributed by atoms with van der Waals surface area (Å²) in [6, 6.07) is 0. The molecule has 0 radical (unpaired) electrons. The summed E-state index contributed by atoms with van der Waals surface area (Å²) in [6.07, 6.45) is 3.92. The number of nitrogens with two attached hydrogens (primary N) is 1. The minimum absolute atomic E-state index is 0.501. The molecule has 0 saturated carbocycles. The minimum atomic E-state index is 0.501. The van der Waals surface area contributed by atoms with Crippen LogP contribution >= 0.6 is 0 Å². The number of nitrogens with zero attached hydrogens (tertiary/aromatic N) is 1. The zero-order valence-corrected chi connectivity index (χ0v) is 7.66. The van der Waals surface area contributed by atoms with Gasteiger partial charge >= 0.3 is 0 Å². The Labute approximate surface area is 72.2 Å². The van der Waals surface area contributed by atoms with Crippen LogP contribution in [0.15, 0.2) is 10.6 Å². The van der Waals surface area contributed by atoms with E-state index >= 15 is 0 Å². The van der Waals surface area contributed by atoms with Crippen molar-refractivity contribution in [2.75, 3.05) is 5.73 Å². The summed E-state index contributed by atoms with van der Waals surface area (Å²) in [6.45, 7) is 5.99. The van der Waals surface area contributed by atoms with E-state index in [2.05, 4.69) is 19.0 Å². The number of aryl methyl sites for hydroxylation is 1. The maximum Gasteiger partial charge on any atom is 0.157 e. The number of aromatic nitrogens is 1. The van der Waals surface area contributed by atoms with E-state index in [1.54, 1.807) is 6.92 Å². The topological polar surface area (TPSA) is 52.0 Å². The van der Waals surface area contributed by atoms with Crippen molar-refractivity contribution in [1.82, 2.24) is 5.16 Å². The Morgan fingerprint density at radius 3 is 2.58 bits per heavy atom. The lowest BCUT2D eigenvalue weighted by Crippen LogP contribution is -1.87. The Morgan fingerprint density at radius 1 is 1.50 bits per heavy atom. The molecule has 1 aromatic heterocycles. The van der Waals surface area contributed by atoms with Gasteiger partial charge < -0.3 is 10.3 Å². The molecule has 3 heteroatoms. The smallest absolute Gasteiger partial charge is 0.157 e. The highest BCUT2D eigenvalue weighted by Crippen LogP contribution is 2.17. The van der Waals surface area contributed by atoms with Gasteiger partial charge in [0.15, 0.2) is 5.76 Å². The maximum atomic E-state index is 5.68. The third-order valence-electron chi connectivity index (χ3n) is 1.58. The van der Waals surface area contributed by atoms with Crippen LogP contribution in [0.2, 0.25) is 0 Å². The van der Waals surface area contributed by atoms with Crippen molar-refractivity contribution >= 4 is 11.8 Å². The summed E-state index contributed by atoms with van der Waals surface area (Å²) in [4.78, 5) is 0. The van der Waals surface area contributed by atoms with E-state index in [-0.39, 0.29) is 0 Å². The molecule has 0 amide bonds. The molecule has 0 atom stereocenters. The summed E-state index contributed by atoms with van der Waals surface area (Å²) in [5.41, 5.74) is 7.04. The molecule has 0 unspecified atom stereocenters. The van der Waals surface area contributed by atoms with Gasteiger partial charge in [-0.2, -0.15) is 0 Å². The van der Waals surface area contributed by atoms with Gasteiger partial charge in [0.1, 0.15) is 11.4 Å². The third kappa shape index (κ3) is 1.87. The number of hydrogen-bond donors (Lipinski definition) is 1. The Kier molecular flexibility index (Phi) is 2.53. The maximum absolute atomic E-state index is 5.68. The second-order valence-corrected chi connectivity index (χ2v) is 3.14. The van der Waals surface area contributed by atoms with Crippen LogP contribution in [-0.2, 0) is 0 Å². The normalized spacial score (nSPS) is 11.7. The van der Waals surface area contributed by atoms with E-state index in [0.717, 1.165) is 5.69 Å². The van der Waals surface area contributed by atoms with Crippen LogP contribution in [0, 0.1) is 12.8 Å². The first-order valence-corrected chi connectivity index (χ1v) is 4.01. The van der Waals surface area contributed by atoms with Gasteiger partial charge in [-0.05, 0) is 18.9 Å². The minimum Gasteiger partial charge on any atom is -0.394 e. The van der Waals surface area contributed by atoms with Crippen molar-refractivity contribution in [2.45, 2.75) is 20.8 Å². The highest BCUT2D eigenvalue weighted by molar-refractivity contribution is 5.61. The fraction of sp³-hybridized carbons (Fsp3) is 0.444.